The third-order valence-corrected chi connectivity index (χ3v) is 4.74. The minimum atomic E-state index is 0.120. The van der Waals surface area contributed by atoms with Gasteiger partial charge in [0.1, 0.15) is 5.82 Å². The molecule has 3 rings (SSSR count). The first kappa shape index (κ1) is 15.9. The zero-order valence-electron chi connectivity index (χ0n) is 13.7. The van der Waals surface area contributed by atoms with Crippen LogP contribution in [-0.4, -0.2) is 60.5 Å². The van der Waals surface area contributed by atoms with E-state index in [0.29, 0.717) is 6.54 Å². The Kier molecular flexibility index (Phi) is 5.23. The predicted octanol–water partition coefficient (Wildman–Crippen LogP) is 1.07. The largest absolute Gasteiger partial charge is 0.355 e. The molecule has 2 aliphatic rings. The van der Waals surface area contributed by atoms with Crippen LogP contribution >= 0.6 is 0 Å². The molecule has 0 atom stereocenters. The summed E-state index contributed by atoms with van der Waals surface area (Å²) in [6, 6.07) is 0. The number of carbonyl (C=O) groups excluding carboxylic acids is 1. The topological polar surface area (TPSA) is 61.4 Å². The smallest absolute Gasteiger partial charge is 0.223 e. The number of amides is 1. The maximum absolute atomic E-state index is 12.4. The van der Waals surface area contributed by atoms with E-state index in [-0.39, 0.29) is 11.8 Å². The second-order valence-corrected chi connectivity index (χ2v) is 6.42. The van der Waals surface area contributed by atoms with E-state index in [2.05, 4.69) is 38.2 Å². The number of rotatable bonds is 4. The van der Waals surface area contributed by atoms with Crippen LogP contribution in [0.15, 0.2) is 30.2 Å². The first-order chi connectivity index (χ1) is 11.2. The van der Waals surface area contributed by atoms with Crippen LogP contribution in [0.4, 0.5) is 5.82 Å². The Morgan fingerprint density at radius 1 is 1.30 bits per heavy atom. The highest BCUT2D eigenvalue weighted by Gasteiger charge is 2.25. The lowest BCUT2D eigenvalue weighted by atomic mass is 9.95. The number of likely N-dealkylation sites (N-methyl/N-ethyl adjacent to an activating group) is 1. The Bertz CT molecular complexity index is 551. The fraction of sp³-hybridized carbons (Fsp3) is 0.588. The summed E-state index contributed by atoms with van der Waals surface area (Å²) in [4.78, 5) is 25.3. The number of piperidine rings is 1. The monoisotopic (exact) mass is 315 g/mol. The predicted molar refractivity (Wildman–Crippen MR) is 90.2 cm³/mol. The summed E-state index contributed by atoms with van der Waals surface area (Å²) in [7, 11) is 2.12. The average molecular weight is 315 g/mol. The van der Waals surface area contributed by atoms with Gasteiger partial charge < -0.3 is 15.1 Å². The summed E-state index contributed by atoms with van der Waals surface area (Å²) in [5.41, 5.74) is 1.36. The summed E-state index contributed by atoms with van der Waals surface area (Å²) in [6.07, 6.45) is 10.2. The molecular weight excluding hydrogens is 290 g/mol. The van der Waals surface area contributed by atoms with E-state index in [4.69, 9.17) is 0 Å². The van der Waals surface area contributed by atoms with Gasteiger partial charge in [-0.1, -0.05) is 11.6 Å². The number of anilines is 1. The molecule has 0 radical (unpaired) electrons. The Balaban J connectivity index is 1.43. The van der Waals surface area contributed by atoms with Crippen LogP contribution in [0.3, 0.4) is 0 Å². The quantitative estimate of drug-likeness (QED) is 0.842. The lowest BCUT2D eigenvalue weighted by molar-refractivity contribution is -0.125. The Morgan fingerprint density at radius 3 is 2.78 bits per heavy atom. The number of carbonyl (C=O) groups is 1. The Hall–Kier alpha value is -1.95. The van der Waals surface area contributed by atoms with Crippen molar-refractivity contribution in [3.63, 3.8) is 0 Å². The third kappa shape index (κ3) is 4.28. The van der Waals surface area contributed by atoms with E-state index >= 15 is 0 Å². The molecule has 1 aromatic heterocycles. The first-order valence-electron chi connectivity index (χ1n) is 8.37. The zero-order chi connectivity index (χ0) is 16.1. The lowest BCUT2D eigenvalue weighted by Crippen LogP contribution is -2.41. The summed E-state index contributed by atoms with van der Waals surface area (Å²) < 4.78 is 0. The molecule has 6 heteroatoms. The van der Waals surface area contributed by atoms with E-state index in [1.165, 1.54) is 5.57 Å². The summed E-state index contributed by atoms with van der Waals surface area (Å²) in [5, 5.41) is 3.12. The second kappa shape index (κ2) is 7.55. The minimum Gasteiger partial charge on any atom is -0.355 e. The summed E-state index contributed by atoms with van der Waals surface area (Å²) >= 11 is 0. The highest BCUT2D eigenvalue weighted by molar-refractivity contribution is 5.79. The molecule has 6 nitrogen and oxygen atoms in total. The van der Waals surface area contributed by atoms with E-state index in [1.807, 2.05) is 0 Å². The van der Waals surface area contributed by atoms with Crippen molar-refractivity contribution in [2.45, 2.75) is 19.3 Å². The fourth-order valence-corrected chi connectivity index (χ4v) is 3.14. The molecule has 1 N–H and O–H groups in total. The molecular formula is C17H25N5O. The van der Waals surface area contributed by atoms with Crippen molar-refractivity contribution in [2.75, 3.05) is 44.7 Å². The molecule has 23 heavy (non-hydrogen) atoms. The molecule has 0 spiro atoms. The molecule has 1 fully saturated rings. The van der Waals surface area contributed by atoms with Gasteiger partial charge in [-0.15, -0.1) is 0 Å². The van der Waals surface area contributed by atoms with Crippen molar-refractivity contribution in [2.24, 2.45) is 5.92 Å². The Labute approximate surface area is 137 Å². The van der Waals surface area contributed by atoms with Crippen molar-refractivity contribution in [3.05, 3.63) is 30.2 Å². The molecule has 124 valence electrons. The van der Waals surface area contributed by atoms with Gasteiger partial charge in [0.05, 0.1) is 6.20 Å². The van der Waals surface area contributed by atoms with Gasteiger partial charge in [0.2, 0.25) is 5.91 Å². The van der Waals surface area contributed by atoms with E-state index in [1.54, 1.807) is 18.6 Å². The molecule has 3 heterocycles. The molecule has 0 aliphatic carbocycles. The van der Waals surface area contributed by atoms with Crippen LogP contribution in [0.2, 0.25) is 0 Å². The minimum absolute atomic E-state index is 0.120. The van der Waals surface area contributed by atoms with Crippen molar-refractivity contribution in [1.29, 1.82) is 0 Å². The lowest BCUT2D eigenvalue weighted by Gasteiger charge is -2.32. The molecule has 1 aromatic rings. The number of hydrogen-bond acceptors (Lipinski definition) is 5. The number of nitrogens with zero attached hydrogens (tertiary/aromatic N) is 4. The van der Waals surface area contributed by atoms with Crippen LogP contribution < -0.4 is 10.2 Å². The van der Waals surface area contributed by atoms with Crippen LogP contribution in [-0.2, 0) is 4.79 Å². The highest BCUT2D eigenvalue weighted by atomic mass is 16.1. The van der Waals surface area contributed by atoms with Gasteiger partial charge in [0, 0.05) is 51.0 Å². The molecule has 0 unspecified atom stereocenters. The maximum atomic E-state index is 12.4. The average Bonchev–Trinajstić information content (AvgIpc) is 2.62. The van der Waals surface area contributed by atoms with Crippen molar-refractivity contribution < 1.29 is 4.79 Å². The number of nitrogens with one attached hydrogen (secondary N) is 1. The fourth-order valence-electron chi connectivity index (χ4n) is 3.14. The molecule has 0 saturated carbocycles. The van der Waals surface area contributed by atoms with Crippen LogP contribution in [0.5, 0.6) is 0 Å². The molecule has 1 amide bonds. The third-order valence-electron chi connectivity index (χ3n) is 4.74. The van der Waals surface area contributed by atoms with Gasteiger partial charge in [-0.3, -0.25) is 9.78 Å². The Morgan fingerprint density at radius 2 is 2.13 bits per heavy atom. The van der Waals surface area contributed by atoms with Gasteiger partial charge in [0.15, 0.2) is 0 Å². The van der Waals surface area contributed by atoms with E-state index in [0.717, 1.165) is 51.3 Å². The standard InChI is InChI=1S/C17H25N5O/c1-21-8-2-14(3-9-21)12-20-17(23)15-4-10-22(11-5-15)16-13-18-6-7-19-16/h2,6-7,13,15H,3-5,8-12H2,1H3,(H,20,23). The van der Waals surface area contributed by atoms with Crippen LogP contribution in [0, 0.1) is 5.92 Å². The maximum Gasteiger partial charge on any atom is 0.223 e. The molecule has 0 bridgehead atoms. The highest BCUT2D eigenvalue weighted by Crippen LogP contribution is 2.21. The van der Waals surface area contributed by atoms with Crippen molar-refractivity contribution in [1.82, 2.24) is 20.2 Å². The SMILES string of the molecule is CN1CC=C(CNC(=O)C2CCN(c3cnccn3)CC2)CC1. The van der Waals surface area contributed by atoms with Crippen LogP contribution in [0.25, 0.3) is 0 Å². The van der Waals surface area contributed by atoms with Crippen LogP contribution in [0.1, 0.15) is 19.3 Å². The zero-order valence-corrected chi connectivity index (χ0v) is 13.7. The molecule has 0 aromatic carbocycles. The number of hydrogen-bond donors (Lipinski definition) is 1. The van der Waals surface area contributed by atoms with E-state index in [9.17, 15) is 4.79 Å². The van der Waals surface area contributed by atoms with Gasteiger partial charge >= 0.3 is 0 Å². The van der Waals surface area contributed by atoms with Gasteiger partial charge in [-0.05, 0) is 26.3 Å². The molecule has 2 aliphatic heterocycles. The summed E-state index contributed by atoms with van der Waals surface area (Å²) in [5.74, 6) is 1.22. The van der Waals surface area contributed by atoms with Crippen molar-refractivity contribution >= 4 is 11.7 Å². The van der Waals surface area contributed by atoms with Crippen molar-refractivity contribution in [3.8, 4) is 0 Å². The van der Waals surface area contributed by atoms with Gasteiger partial charge in [-0.2, -0.15) is 0 Å². The first-order valence-corrected chi connectivity index (χ1v) is 8.37. The number of aromatic nitrogens is 2. The van der Waals surface area contributed by atoms with Gasteiger partial charge in [-0.25, -0.2) is 4.98 Å². The van der Waals surface area contributed by atoms with Gasteiger partial charge in [0.25, 0.3) is 0 Å². The second-order valence-electron chi connectivity index (χ2n) is 6.42. The van der Waals surface area contributed by atoms with E-state index < -0.39 is 0 Å². The normalized spacial score (nSPS) is 20.2. The molecule has 1 saturated heterocycles. The summed E-state index contributed by atoms with van der Waals surface area (Å²) in [6.45, 7) is 4.51.